The van der Waals surface area contributed by atoms with Gasteiger partial charge in [0.15, 0.2) is 11.7 Å². The Morgan fingerprint density at radius 2 is 1.95 bits per heavy atom. The summed E-state index contributed by atoms with van der Waals surface area (Å²) in [5.41, 5.74) is 11.7. The summed E-state index contributed by atoms with van der Waals surface area (Å²) < 4.78 is 6.99. The molecule has 2 rings (SSSR count). The normalized spacial score (nSPS) is 26.0. The Kier molecular flexibility index (Phi) is 6.05. The number of nitrogens with zero attached hydrogens (tertiary/aromatic N) is 3. The lowest BCUT2D eigenvalue weighted by molar-refractivity contribution is -0.0444. The SMILES string of the molecule is NC(=NO)c1cc(C(N)=NO)n([C@H]2C[C@H](O)[C@@H](CO)O2)c1.S. The molecule has 124 valence electrons. The molecule has 1 aliphatic heterocycles. The van der Waals surface area contributed by atoms with E-state index in [4.69, 9.17) is 31.7 Å². The zero-order chi connectivity index (χ0) is 15.6. The molecule has 1 aromatic heterocycles. The number of hydrogen-bond acceptors (Lipinski definition) is 7. The third-order valence-electron chi connectivity index (χ3n) is 3.32. The summed E-state index contributed by atoms with van der Waals surface area (Å²) in [5.74, 6) is -0.351. The molecular formula is C11H19N5O5S. The molecule has 1 aliphatic rings. The van der Waals surface area contributed by atoms with Crippen molar-refractivity contribution in [1.29, 1.82) is 0 Å². The molecule has 0 spiro atoms. The van der Waals surface area contributed by atoms with Crippen LogP contribution >= 0.6 is 13.5 Å². The van der Waals surface area contributed by atoms with Gasteiger partial charge in [0.2, 0.25) is 0 Å². The van der Waals surface area contributed by atoms with Crippen LogP contribution in [-0.2, 0) is 4.74 Å². The Morgan fingerprint density at radius 3 is 2.45 bits per heavy atom. The molecule has 3 atom stereocenters. The summed E-state index contributed by atoms with van der Waals surface area (Å²) in [6.07, 6.45) is -0.492. The topological polar surface area (TPSA) is 172 Å². The van der Waals surface area contributed by atoms with Crippen LogP contribution < -0.4 is 11.5 Å². The molecule has 1 saturated heterocycles. The van der Waals surface area contributed by atoms with E-state index in [1.165, 1.54) is 16.8 Å². The van der Waals surface area contributed by atoms with E-state index in [2.05, 4.69) is 10.3 Å². The Bertz CT molecular complexity index is 575. The van der Waals surface area contributed by atoms with E-state index in [0.29, 0.717) is 5.56 Å². The number of ether oxygens (including phenoxy) is 1. The van der Waals surface area contributed by atoms with Gasteiger partial charge in [0.25, 0.3) is 0 Å². The van der Waals surface area contributed by atoms with Crippen molar-refractivity contribution in [3.05, 3.63) is 23.5 Å². The molecule has 0 aliphatic carbocycles. The minimum atomic E-state index is -0.838. The lowest BCUT2D eigenvalue weighted by atomic mass is 10.2. The number of amidine groups is 2. The number of aliphatic hydroxyl groups is 2. The lowest BCUT2D eigenvalue weighted by Gasteiger charge is -2.16. The first-order valence-corrected chi connectivity index (χ1v) is 6.13. The van der Waals surface area contributed by atoms with Crippen LogP contribution in [0.15, 0.2) is 22.6 Å². The zero-order valence-electron chi connectivity index (χ0n) is 11.5. The van der Waals surface area contributed by atoms with Gasteiger partial charge in [-0.25, -0.2) is 0 Å². The fourth-order valence-electron chi connectivity index (χ4n) is 2.22. The van der Waals surface area contributed by atoms with E-state index in [1.807, 2.05) is 0 Å². The summed E-state index contributed by atoms with van der Waals surface area (Å²) in [6.45, 7) is -0.328. The molecule has 0 saturated carbocycles. The van der Waals surface area contributed by atoms with Crippen LogP contribution in [0.2, 0.25) is 0 Å². The van der Waals surface area contributed by atoms with E-state index in [-0.39, 0.29) is 43.9 Å². The molecule has 11 heteroatoms. The second-order valence-electron chi connectivity index (χ2n) is 4.61. The Hall–Kier alpha value is -1.95. The Balaban J connectivity index is 0.00000242. The number of aliphatic hydroxyl groups excluding tert-OH is 2. The molecule has 0 bridgehead atoms. The first-order valence-electron chi connectivity index (χ1n) is 6.13. The van der Waals surface area contributed by atoms with E-state index >= 15 is 0 Å². The second kappa shape index (κ2) is 7.35. The Labute approximate surface area is 132 Å². The molecule has 8 N–H and O–H groups in total. The first-order chi connectivity index (χ1) is 10.0. The minimum absolute atomic E-state index is 0. The van der Waals surface area contributed by atoms with Crippen molar-refractivity contribution >= 4 is 25.2 Å². The maximum absolute atomic E-state index is 9.77. The number of aromatic nitrogens is 1. The van der Waals surface area contributed by atoms with Crippen LogP contribution in [0.25, 0.3) is 0 Å². The summed E-state index contributed by atoms with van der Waals surface area (Å²) >= 11 is 0. The number of nitrogens with two attached hydrogens (primary N) is 2. The largest absolute Gasteiger partial charge is 0.409 e. The molecule has 0 radical (unpaired) electrons. The average molecular weight is 333 g/mol. The first kappa shape index (κ1) is 18.1. The smallest absolute Gasteiger partial charge is 0.186 e. The van der Waals surface area contributed by atoms with Gasteiger partial charge in [-0.05, 0) is 6.07 Å². The lowest BCUT2D eigenvalue weighted by Crippen LogP contribution is -2.24. The van der Waals surface area contributed by atoms with Gasteiger partial charge in [0, 0.05) is 18.2 Å². The van der Waals surface area contributed by atoms with Crippen LogP contribution in [0.3, 0.4) is 0 Å². The van der Waals surface area contributed by atoms with E-state index in [9.17, 15) is 5.11 Å². The molecule has 10 nitrogen and oxygen atoms in total. The molecule has 1 aromatic rings. The highest BCUT2D eigenvalue weighted by atomic mass is 32.1. The van der Waals surface area contributed by atoms with Gasteiger partial charge in [-0.1, -0.05) is 10.3 Å². The van der Waals surface area contributed by atoms with Gasteiger partial charge in [-0.15, -0.1) is 0 Å². The average Bonchev–Trinajstić information content (AvgIpc) is 3.08. The summed E-state index contributed by atoms with van der Waals surface area (Å²) in [4.78, 5) is 0. The van der Waals surface area contributed by atoms with Crippen molar-refractivity contribution in [3.8, 4) is 0 Å². The monoisotopic (exact) mass is 333 g/mol. The molecule has 0 unspecified atom stereocenters. The summed E-state index contributed by atoms with van der Waals surface area (Å²) in [7, 11) is 0. The van der Waals surface area contributed by atoms with Crippen molar-refractivity contribution < 1.29 is 25.4 Å². The van der Waals surface area contributed by atoms with Gasteiger partial charge in [-0.2, -0.15) is 13.5 Å². The minimum Gasteiger partial charge on any atom is -0.409 e. The molecular weight excluding hydrogens is 314 g/mol. The Morgan fingerprint density at radius 1 is 1.32 bits per heavy atom. The molecule has 0 aromatic carbocycles. The fourth-order valence-corrected chi connectivity index (χ4v) is 2.22. The quantitative estimate of drug-likeness (QED) is 0.167. The zero-order valence-corrected chi connectivity index (χ0v) is 12.5. The van der Waals surface area contributed by atoms with Gasteiger partial charge in [0.1, 0.15) is 12.3 Å². The molecule has 1 fully saturated rings. The summed E-state index contributed by atoms with van der Waals surface area (Å²) in [6, 6.07) is 1.45. The highest BCUT2D eigenvalue weighted by molar-refractivity contribution is 7.59. The van der Waals surface area contributed by atoms with E-state index in [0.717, 1.165) is 0 Å². The highest BCUT2D eigenvalue weighted by Crippen LogP contribution is 2.30. The van der Waals surface area contributed by atoms with Crippen LogP contribution in [-0.4, -0.2) is 55.7 Å². The predicted molar refractivity (Wildman–Crippen MR) is 81.5 cm³/mol. The number of oxime groups is 2. The maximum atomic E-state index is 9.77. The van der Waals surface area contributed by atoms with Crippen molar-refractivity contribution in [1.82, 2.24) is 4.57 Å². The van der Waals surface area contributed by atoms with Crippen LogP contribution in [0.1, 0.15) is 23.9 Å². The third kappa shape index (κ3) is 3.27. The van der Waals surface area contributed by atoms with Crippen molar-refractivity contribution in [2.45, 2.75) is 24.9 Å². The molecule has 22 heavy (non-hydrogen) atoms. The molecule has 2 heterocycles. The van der Waals surface area contributed by atoms with Gasteiger partial charge in [0.05, 0.1) is 18.4 Å². The van der Waals surface area contributed by atoms with Crippen molar-refractivity contribution in [2.24, 2.45) is 21.8 Å². The standard InChI is InChI=1S/C11H17N5O5.H2S/c12-10(14-19)5-1-6(11(13)15-20)16(3-5)9-2-7(18)8(4-17)21-9;/h1,3,7-9,17-20H,2,4H2,(H2,12,14)(H2,13,15);1H2/t7-,8+,9+;/m0./s1. The second-order valence-corrected chi connectivity index (χ2v) is 4.61. The van der Waals surface area contributed by atoms with E-state index < -0.39 is 18.4 Å². The third-order valence-corrected chi connectivity index (χ3v) is 3.32. The van der Waals surface area contributed by atoms with Gasteiger partial charge < -0.3 is 41.4 Å². The van der Waals surface area contributed by atoms with E-state index in [1.54, 1.807) is 0 Å². The van der Waals surface area contributed by atoms with Crippen LogP contribution in [0, 0.1) is 0 Å². The van der Waals surface area contributed by atoms with Gasteiger partial charge in [-0.3, -0.25) is 0 Å². The fraction of sp³-hybridized carbons (Fsp3) is 0.455. The van der Waals surface area contributed by atoms with Gasteiger partial charge >= 0.3 is 0 Å². The van der Waals surface area contributed by atoms with Crippen LogP contribution in [0.4, 0.5) is 0 Å². The highest BCUT2D eigenvalue weighted by Gasteiger charge is 2.35. The number of hydrogen-bond donors (Lipinski definition) is 6. The predicted octanol–water partition coefficient (Wildman–Crippen LogP) is -1.57. The van der Waals surface area contributed by atoms with Crippen molar-refractivity contribution in [2.75, 3.05) is 6.61 Å². The molecule has 0 amide bonds. The van der Waals surface area contributed by atoms with Crippen molar-refractivity contribution in [3.63, 3.8) is 0 Å². The maximum Gasteiger partial charge on any atom is 0.186 e. The summed E-state index contributed by atoms with van der Waals surface area (Å²) in [5, 5.41) is 42.2. The van der Waals surface area contributed by atoms with Crippen LogP contribution in [0.5, 0.6) is 0 Å². The number of rotatable bonds is 4.